The molecule has 0 bridgehead atoms. The Balaban J connectivity index is 3.03. The van der Waals surface area contributed by atoms with Crippen molar-refractivity contribution in [2.45, 2.75) is 53.5 Å². The normalized spacial score (nSPS) is 11.3. The maximum absolute atomic E-state index is 6.09. The van der Waals surface area contributed by atoms with Crippen LogP contribution in [0.15, 0.2) is 6.07 Å². The zero-order chi connectivity index (χ0) is 13.7. The Morgan fingerprint density at radius 3 is 2.39 bits per heavy atom. The number of halogens is 1. The summed E-state index contributed by atoms with van der Waals surface area (Å²) in [5.41, 5.74) is 0. The Morgan fingerprint density at radius 2 is 1.89 bits per heavy atom. The molecule has 0 unspecified atom stereocenters. The average Bonchev–Trinajstić information content (AvgIpc) is 2.24. The lowest BCUT2D eigenvalue weighted by Gasteiger charge is -2.29. The lowest BCUT2D eigenvalue weighted by atomic mass is 10.2. The minimum atomic E-state index is 0.410. The molecule has 0 fully saturated rings. The third-order valence-electron chi connectivity index (χ3n) is 2.68. The van der Waals surface area contributed by atoms with E-state index < -0.39 is 0 Å². The van der Waals surface area contributed by atoms with E-state index in [4.69, 9.17) is 11.6 Å². The second kappa shape index (κ2) is 6.93. The number of aryl methyl sites for hydroxylation is 1. The molecule has 0 atom stereocenters. The first-order valence-electron chi connectivity index (χ1n) is 6.74. The van der Waals surface area contributed by atoms with Gasteiger partial charge in [0.25, 0.3) is 0 Å². The van der Waals surface area contributed by atoms with Crippen LogP contribution in [-0.2, 0) is 6.42 Å². The summed E-state index contributed by atoms with van der Waals surface area (Å²) in [5, 5.41) is 0.540. The van der Waals surface area contributed by atoms with Gasteiger partial charge in [-0.1, -0.05) is 32.4 Å². The molecular weight excluding hydrogens is 246 g/mol. The van der Waals surface area contributed by atoms with Crippen LogP contribution in [0.4, 0.5) is 5.82 Å². The van der Waals surface area contributed by atoms with E-state index in [-0.39, 0.29) is 0 Å². The number of nitrogens with zero attached hydrogens (tertiary/aromatic N) is 3. The van der Waals surface area contributed by atoms with Crippen molar-refractivity contribution in [1.82, 2.24) is 9.97 Å². The SMILES string of the molecule is CCCc1nc(Cl)cc(N(CC(C)C)C(C)C)n1. The zero-order valence-electron chi connectivity index (χ0n) is 12.1. The van der Waals surface area contributed by atoms with Gasteiger partial charge in [0.15, 0.2) is 0 Å². The number of hydrogen-bond acceptors (Lipinski definition) is 3. The summed E-state index contributed by atoms with van der Waals surface area (Å²) in [7, 11) is 0. The van der Waals surface area contributed by atoms with Crippen LogP contribution >= 0.6 is 11.6 Å². The lowest BCUT2D eigenvalue weighted by Crippen LogP contribution is -2.35. The molecule has 0 N–H and O–H groups in total. The molecule has 4 heteroatoms. The molecule has 0 saturated carbocycles. The molecule has 18 heavy (non-hydrogen) atoms. The van der Waals surface area contributed by atoms with Crippen LogP contribution in [0.3, 0.4) is 0 Å². The van der Waals surface area contributed by atoms with E-state index >= 15 is 0 Å². The minimum absolute atomic E-state index is 0.410. The molecule has 1 rings (SSSR count). The van der Waals surface area contributed by atoms with Crippen LogP contribution < -0.4 is 4.90 Å². The Bertz CT molecular complexity index is 377. The number of hydrogen-bond donors (Lipinski definition) is 0. The highest BCUT2D eigenvalue weighted by atomic mass is 35.5. The highest BCUT2D eigenvalue weighted by Crippen LogP contribution is 2.20. The quantitative estimate of drug-likeness (QED) is 0.732. The van der Waals surface area contributed by atoms with Gasteiger partial charge in [0.05, 0.1) is 0 Å². The molecule has 1 aromatic heterocycles. The van der Waals surface area contributed by atoms with E-state index in [1.807, 2.05) is 6.07 Å². The molecule has 0 radical (unpaired) electrons. The fraction of sp³-hybridized carbons (Fsp3) is 0.714. The van der Waals surface area contributed by atoms with Crippen molar-refractivity contribution in [3.05, 3.63) is 17.0 Å². The van der Waals surface area contributed by atoms with E-state index in [1.54, 1.807) is 0 Å². The van der Waals surface area contributed by atoms with Crippen LogP contribution in [0.1, 0.15) is 46.9 Å². The summed E-state index contributed by atoms with van der Waals surface area (Å²) in [6, 6.07) is 2.27. The van der Waals surface area contributed by atoms with E-state index in [0.717, 1.165) is 31.0 Å². The van der Waals surface area contributed by atoms with Crippen LogP contribution in [0, 0.1) is 5.92 Å². The van der Waals surface area contributed by atoms with Crippen LogP contribution in [0.25, 0.3) is 0 Å². The summed E-state index contributed by atoms with van der Waals surface area (Å²) in [6.07, 6.45) is 1.91. The molecule has 0 aliphatic carbocycles. The van der Waals surface area contributed by atoms with Gasteiger partial charge in [0.1, 0.15) is 16.8 Å². The second-order valence-electron chi connectivity index (χ2n) is 5.36. The maximum Gasteiger partial charge on any atom is 0.134 e. The van der Waals surface area contributed by atoms with Gasteiger partial charge in [-0.3, -0.25) is 0 Å². The van der Waals surface area contributed by atoms with Gasteiger partial charge in [-0.15, -0.1) is 0 Å². The predicted octanol–water partition coefficient (Wildman–Crippen LogP) is 3.95. The second-order valence-corrected chi connectivity index (χ2v) is 5.74. The summed E-state index contributed by atoms with van der Waals surface area (Å²) >= 11 is 6.09. The van der Waals surface area contributed by atoms with E-state index in [1.165, 1.54) is 0 Å². The Hall–Kier alpha value is -0.830. The van der Waals surface area contributed by atoms with Gasteiger partial charge in [-0.25, -0.2) is 9.97 Å². The maximum atomic E-state index is 6.09. The number of rotatable bonds is 6. The van der Waals surface area contributed by atoms with E-state index in [2.05, 4.69) is 49.5 Å². The summed E-state index contributed by atoms with van der Waals surface area (Å²) < 4.78 is 0. The Morgan fingerprint density at radius 1 is 1.22 bits per heavy atom. The smallest absolute Gasteiger partial charge is 0.134 e. The van der Waals surface area contributed by atoms with Crippen LogP contribution in [0.2, 0.25) is 5.15 Å². The van der Waals surface area contributed by atoms with Gasteiger partial charge in [-0.2, -0.15) is 0 Å². The third kappa shape index (κ3) is 4.45. The van der Waals surface area contributed by atoms with Gasteiger partial charge in [-0.05, 0) is 26.2 Å². The number of anilines is 1. The molecule has 0 aliphatic rings. The average molecular weight is 270 g/mol. The van der Waals surface area contributed by atoms with Gasteiger partial charge < -0.3 is 4.90 Å². The molecule has 0 aliphatic heterocycles. The Labute approximate surface area is 116 Å². The summed E-state index contributed by atoms with van der Waals surface area (Å²) in [6.45, 7) is 11.9. The van der Waals surface area contributed by atoms with Gasteiger partial charge >= 0.3 is 0 Å². The fourth-order valence-corrected chi connectivity index (χ4v) is 2.09. The lowest BCUT2D eigenvalue weighted by molar-refractivity contribution is 0.564. The fourth-order valence-electron chi connectivity index (χ4n) is 1.90. The molecular formula is C14H24ClN3. The van der Waals surface area contributed by atoms with Crippen molar-refractivity contribution >= 4 is 17.4 Å². The standard InChI is InChI=1S/C14H24ClN3/c1-6-7-13-16-12(15)8-14(17-13)18(11(4)5)9-10(2)3/h8,10-11H,6-7,9H2,1-5H3. The van der Waals surface area contributed by atoms with Crippen LogP contribution in [0.5, 0.6) is 0 Å². The van der Waals surface area contributed by atoms with Gasteiger partial charge in [0, 0.05) is 25.1 Å². The van der Waals surface area contributed by atoms with Crippen molar-refractivity contribution in [3.8, 4) is 0 Å². The molecule has 102 valence electrons. The molecule has 1 heterocycles. The molecule has 0 aromatic carbocycles. The van der Waals surface area contributed by atoms with Gasteiger partial charge in [0.2, 0.25) is 0 Å². The first-order chi connectivity index (χ1) is 8.43. The van der Waals surface area contributed by atoms with Crippen LogP contribution in [-0.4, -0.2) is 22.6 Å². The third-order valence-corrected chi connectivity index (χ3v) is 2.87. The Kier molecular flexibility index (Phi) is 5.86. The monoisotopic (exact) mass is 269 g/mol. The van der Waals surface area contributed by atoms with E-state index in [9.17, 15) is 0 Å². The zero-order valence-corrected chi connectivity index (χ0v) is 12.8. The molecule has 0 spiro atoms. The predicted molar refractivity (Wildman–Crippen MR) is 78.4 cm³/mol. The van der Waals surface area contributed by atoms with Crippen molar-refractivity contribution < 1.29 is 0 Å². The summed E-state index contributed by atoms with van der Waals surface area (Å²) in [5.74, 6) is 2.38. The highest BCUT2D eigenvalue weighted by molar-refractivity contribution is 6.29. The minimum Gasteiger partial charge on any atom is -0.354 e. The highest BCUT2D eigenvalue weighted by Gasteiger charge is 2.15. The van der Waals surface area contributed by atoms with Crippen molar-refractivity contribution in [2.24, 2.45) is 5.92 Å². The number of aromatic nitrogens is 2. The summed E-state index contributed by atoms with van der Waals surface area (Å²) in [4.78, 5) is 11.2. The first-order valence-corrected chi connectivity index (χ1v) is 7.12. The van der Waals surface area contributed by atoms with Crippen molar-refractivity contribution in [3.63, 3.8) is 0 Å². The first kappa shape index (κ1) is 15.2. The topological polar surface area (TPSA) is 29.0 Å². The van der Waals surface area contributed by atoms with Crippen molar-refractivity contribution in [2.75, 3.05) is 11.4 Å². The largest absolute Gasteiger partial charge is 0.354 e. The molecule has 0 amide bonds. The molecule has 1 aromatic rings. The van der Waals surface area contributed by atoms with E-state index in [0.29, 0.717) is 17.1 Å². The van der Waals surface area contributed by atoms with Crippen molar-refractivity contribution in [1.29, 1.82) is 0 Å². The molecule has 3 nitrogen and oxygen atoms in total. The molecule has 0 saturated heterocycles.